The van der Waals surface area contributed by atoms with Gasteiger partial charge in [-0.2, -0.15) is 0 Å². The standard InChI is InChI=1S/C50H38N2/c1-50(2,3)34-23-25-35(26-24-34)51(36-27-29-43-41-18-7-6-16-39(41)40-17-8-9-19-42(40)46(43)31-36)37-28-30-45-44-20-10-11-21-48(44)52(49(45)32-37)47-22-12-14-33-13-4-5-15-38(33)47/h4-32H,1-3H3. The highest BCUT2D eigenvalue weighted by Gasteiger charge is 2.21. The molecule has 0 amide bonds. The van der Waals surface area contributed by atoms with Gasteiger partial charge in [0.2, 0.25) is 0 Å². The predicted octanol–water partition coefficient (Wildman–Crippen LogP) is 14.2. The first-order valence-electron chi connectivity index (χ1n) is 18.2. The van der Waals surface area contributed by atoms with Crippen LogP contribution in [-0.4, -0.2) is 4.57 Å². The van der Waals surface area contributed by atoms with E-state index in [1.807, 2.05) is 0 Å². The second-order valence-corrected chi connectivity index (χ2v) is 15.0. The topological polar surface area (TPSA) is 8.17 Å². The molecule has 0 aliphatic carbocycles. The molecule has 0 atom stereocenters. The Balaban J connectivity index is 1.26. The number of anilines is 3. The fourth-order valence-electron chi connectivity index (χ4n) is 8.35. The van der Waals surface area contributed by atoms with Crippen LogP contribution in [0.5, 0.6) is 0 Å². The van der Waals surface area contributed by atoms with E-state index in [4.69, 9.17) is 0 Å². The second kappa shape index (κ2) is 11.6. The van der Waals surface area contributed by atoms with Gasteiger partial charge in [-0.1, -0.05) is 148 Å². The van der Waals surface area contributed by atoms with Crippen molar-refractivity contribution in [1.82, 2.24) is 4.57 Å². The van der Waals surface area contributed by atoms with E-state index in [1.54, 1.807) is 0 Å². The van der Waals surface area contributed by atoms with Gasteiger partial charge in [0.15, 0.2) is 0 Å². The van der Waals surface area contributed by atoms with Crippen LogP contribution in [0.25, 0.3) is 70.6 Å². The van der Waals surface area contributed by atoms with Crippen LogP contribution in [0.15, 0.2) is 176 Å². The lowest BCUT2D eigenvalue weighted by atomic mass is 9.87. The molecule has 9 aromatic carbocycles. The zero-order chi connectivity index (χ0) is 35.0. The van der Waals surface area contributed by atoms with Gasteiger partial charge in [0.1, 0.15) is 0 Å². The van der Waals surface area contributed by atoms with Crippen molar-refractivity contribution in [2.45, 2.75) is 26.2 Å². The number of hydrogen-bond donors (Lipinski definition) is 0. The van der Waals surface area contributed by atoms with Crippen LogP contribution in [0.2, 0.25) is 0 Å². The quantitative estimate of drug-likeness (QED) is 0.170. The van der Waals surface area contributed by atoms with Crippen molar-refractivity contribution in [1.29, 1.82) is 0 Å². The number of para-hydroxylation sites is 1. The zero-order valence-corrected chi connectivity index (χ0v) is 29.6. The van der Waals surface area contributed by atoms with Crippen LogP contribution in [0.4, 0.5) is 17.1 Å². The van der Waals surface area contributed by atoms with Crippen molar-refractivity contribution in [3.05, 3.63) is 181 Å². The summed E-state index contributed by atoms with van der Waals surface area (Å²) < 4.78 is 2.46. The summed E-state index contributed by atoms with van der Waals surface area (Å²) in [6.07, 6.45) is 0. The van der Waals surface area contributed by atoms with Gasteiger partial charge < -0.3 is 9.47 Å². The van der Waals surface area contributed by atoms with E-state index in [0.717, 1.165) is 17.1 Å². The lowest BCUT2D eigenvalue weighted by Gasteiger charge is -2.28. The highest BCUT2D eigenvalue weighted by molar-refractivity contribution is 6.26. The van der Waals surface area contributed by atoms with Gasteiger partial charge in [0.25, 0.3) is 0 Å². The van der Waals surface area contributed by atoms with Crippen molar-refractivity contribution in [3.8, 4) is 5.69 Å². The maximum Gasteiger partial charge on any atom is 0.0562 e. The Morgan fingerprint density at radius 1 is 0.365 bits per heavy atom. The molecule has 0 fully saturated rings. The molecular weight excluding hydrogens is 629 g/mol. The van der Waals surface area contributed by atoms with Crippen LogP contribution in [0.1, 0.15) is 26.3 Å². The molecule has 248 valence electrons. The Morgan fingerprint density at radius 2 is 0.846 bits per heavy atom. The van der Waals surface area contributed by atoms with E-state index in [2.05, 4.69) is 206 Å². The van der Waals surface area contributed by atoms with Gasteiger partial charge in [0, 0.05) is 33.2 Å². The minimum Gasteiger partial charge on any atom is -0.310 e. The summed E-state index contributed by atoms with van der Waals surface area (Å²) in [5.74, 6) is 0. The SMILES string of the molecule is CC(C)(C)c1ccc(N(c2ccc3c4ccccc4c4ccccc4c3c2)c2ccc3c4ccccc4n(-c4cccc5ccccc45)c3c2)cc1. The Morgan fingerprint density at radius 3 is 1.52 bits per heavy atom. The molecule has 10 rings (SSSR count). The third kappa shape index (κ3) is 4.72. The van der Waals surface area contributed by atoms with E-state index < -0.39 is 0 Å². The maximum atomic E-state index is 2.46. The van der Waals surface area contributed by atoms with E-state index in [1.165, 1.54) is 76.1 Å². The third-order valence-electron chi connectivity index (χ3n) is 10.9. The summed E-state index contributed by atoms with van der Waals surface area (Å²) in [5, 5.41) is 12.6. The molecule has 0 spiro atoms. The lowest BCUT2D eigenvalue weighted by Crippen LogP contribution is -2.13. The summed E-state index contributed by atoms with van der Waals surface area (Å²) >= 11 is 0. The Kier molecular flexibility index (Phi) is 6.78. The molecule has 0 aliphatic rings. The zero-order valence-electron chi connectivity index (χ0n) is 29.6. The van der Waals surface area contributed by atoms with Crippen molar-refractivity contribution < 1.29 is 0 Å². The van der Waals surface area contributed by atoms with E-state index in [0.29, 0.717) is 0 Å². The number of nitrogens with zero attached hydrogens (tertiary/aromatic N) is 2. The summed E-state index contributed by atoms with van der Waals surface area (Å²) in [5.41, 5.74) is 8.33. The van der Waals surface area contributed by atoms with E-state index >= 15 is 0 Å². The van der Waals surface area contributed by atoms with Crippen LogP contribution in [-0.2, 0) is 5.41 Å². The second-order valence-electron chi connectivity index (χ2n) is 15.0. The first kappa shape index (κ1) is 30.4. The Bertz CT molecular complexity index is 2950. The summed E-state index contributed by atoms with van der Waals surface area (Å²) in [7, 11) is 0. The first-order valence-corrected chi connectivity index (χ1v) is 18.2. The van der Waals surface area contributed by atoms with Crippen molar-refractivity contribution in [3.63, 3.8) is 0 Å². The molecule has 2 heteroatoms. The molecular formula is C50H38N2. The van der Waals surface area contributed by atoms with Gasteiger partial charge in [-0.25, -0.2) is 0 Å². The number of fused-ring (bicyclic) bond motifs is 10. The fourth-order valence-corrected chi connectivity index (χ4v) is 8.35. The molecule has 1 aromatic heterocycles. The molecule has 0 N–H and O–H groups in total. The average molecular weight is 667 g/mol. The number of hydrogen-bond acceptors (Lipinski definition) is 1. The Labute approximate surface area is 303 Å². The monoisotopic (exact) mass is 666 g/mol. The molecule has 0 unspecified atom stereocenters. The highest BCUT2D eigenvalue weighted by Crippen LogP contribution is 2.43. The minimum atomic E-state index is 0.0601. The minimum absolute atomic E-state index is 0.0601. The van der Waals surface area contributed by atoms with Gasteiger partial charge >= 0.3 is 0 Å². The molecule has 0 saturated carbocycles. The number of aromatic nitrogens is 1. The normalized spacial score (nSPS) is 12.1. The number of benzene rings is 9. The van der Waals surface area contributed by atoms with E-state index in [-0.39, 0.29) is 5.41 Å². The molecule has 2 nitrogen and oxygen atoms in total. The largest absolute Gasteiger partial charge is 0.310 e. The lowest BCUT2D eigenvalue weighted by molar-refractivity contribution is 0.590. The van der Waals surface area contributed by atoms with Crippen LogP contribution < -0.4 is 4.90 Å². The van der Waals surface area contributed by atoms with Crippen molar-refractivity contribution >= 4 is 82.0 Å². The molecule has 1 heterocycles. The maximum absolute atomic E-state index is 2.46. The summed E-state index contributed by atoms with van der Waals surface area (Å²) in [4.78, 5) is 2.43. The van der Waals surface area contributed by atoms with Gasteiger partial charge in [-0.3, -0.25) is 0 Å². The van der Waals surface area contributed by atoms with Crippen molar-refractivity contribution in [2.75, 3.05) is 4.90 Å². The molecule has 52 heavy (non-hydrogen) atoms. The van der Waals surface area contributed by atoms with Crippen LogP contribution in [0, 0.1) is 0 Å². The summed E-state index contributed by atoms with van der Waals surface area (Å²) in [6.45, 7) is 6.83. The van der Waals surface area contributed by atoms with Gasteiger partial charge in [-0.05, 0) is 97.2 Å². The molecule has 0 bridgehead atoms. The average Bonchev–Trinajstić information content (AvgIpc) is 3.51. The first-order chi connectivity index (χ1) is 25.4. The highest BCUT2D eigenvalue weighted by atomic mass is 15.1. The van der Waals surface area contributed by atoms with E-state index in [9.17, 15) is 0 Å². The smallest absolute Gasteiger partial charge is 0.0562 e. The Hall–Kier alpha value is -6.38. The van der Waals surface area contributed by atoms with Crippen LogP contribution >= 0.6 is 0 Å². The molecule has 0 aliphatic heterocycles. The third-order valence-corrected chi connectivity index (χ3v) is 10.9. The molecule has 10 aromatic rings. The molecule has 0 saturated heterocycles. The fraction of sp³-hybridized carbons (Fsp3) is 0.0800. The van der Waals surface area contributed by atoms with Crippen molar-refractivity contribution in [2.24, 2.45) is 0 Å². The molecule has 0 radical (unpaired) electrons. The summed E-state index contributed by atoms with van der Waals surface area (Å²) in [6, 6.07) is 64.9. The van der Waals surface area contributed by atoms with Gasteiger partial charge in [-0.15, -0.1) is 0 Å². The van der Waals surface area contributed by atoms with Crippen LogP contribution in [0.3, 0.4) is 0 Å². The number of rotatable bonds is 4. The van der Waals surface area contributed by atoms with Gasteiger partial charge in [0.05, 0.1) is 16.7 Å². The predicted molar refractivity (Wildman–Crippen MR) is 224 cm³/mol.